The number of methoxy groups -OCH3 is 1. The summed E-state index contributed by atoms with van der Waals surface area (Å²) < 4.78 is 25.0. The smallest absolute Gasteiger partial charge is 0.410 e. The summed E-state index contributed by atoms with van der Waals surface area (Å²) >= 11 is 0. The molecule has 11 nitrogen and oxygen atoms in total. The number of cyclic esters (lactones) is 1. The van der Waals surface area contributed by atoms with Crippen molar-refractivity contribution in [1.29, 1.82) is 0 Å². The minimum atomic E-state index is -1.14. The lowest BCUT2D eigenvalue weighted by molar-refractivity contribution is -0.937. The molecule has 53 heavy (non-hydrogen) atoms. The van der Waals surface area contributed by atoms with Crippen molar-refractivity contribution in [2.45, 2.75) is 166 Å². The van der Waals surface area contributed by atoms with Crippen LogP contribution < -0.4 is 0 Å². The zero-order valence-electron chi connectivity index (χ0n) is 33.9. The molecule has 0 aromatic heterocycles. The number of carbonyl (C=O) groups excluding carboxylic acids is 2. The number of amides is 1. The van der Waals surface area contributed by atoms with Crippen LogP contribution in [0.1, 0.15) is 112 Å². The second kappa shape index (κ2) is 19.0. The van der Waals surface area contributed by atoms with Crippen LogP contribution in [-0.4, -0.2) is 131 Å². The monoisotopic (exact) mass is 748 g/mol. The van der Waals surface area contributed by atoms with Gasteiger partial charge in [-0.15, -0.1) is 0 Å². The first kappa shape index (κ1) is 43.4. The van der Waals surface area contributed by atoms with Gasteiger partial charge in [-0.1, -0.05) is 57.9 Å². The molecule has 1 saturated carbocycles. The average molecular weight is 748 g/mol. The molecule has 2 saturated heterocycles. The third-order valence-electron chi connectivity index (χ3n) is 12.8. The number of likely N-dealkylation sites (N-methyl/N-ethyl adjacent to an activating group) is 1. The Morgan fingerprint density at radius 3 is 2.45 bits per heavy atom. The molecule has 0 aromatic rings. The fraction of sp³-hybridized carbons (Fsp3) is 0.810. The molecule has 1 aliphatic carbocycles. The predicted molar refractivity (Wildman–Crippen MR) is 205 cm³/mol. The summed E-state index contributed by atoms with van der Waals surface area (Å²) in [7, 11) is 3.93. The molecule has 0 spiro atoms. The Kier molecular flexibility index (Phi) is 15.6. The van der Waals surface area contributed by atoms with E-state index < -0.39 is 41.6 Å². The maximum absolute atomic E-state index is 13.7. The summed E-state index contributed by atoms with van der Waals surface area (Å²) in [5.41, 5.74) is -1.34. The molecular weight excluding hydrogens is 676 g/mol. The van der Waals surface area contributed by atoms with Crippen molar-refractivity contribution in [3.8, 4) is 0 Å². The number of quaternary nitrogens is 1. The van der Waals surface area contributed by atoms with Gasteiger partial charge in [0.25, 0.3) is 0 Å². The standard InChI is InChI=1S/C42H71N2O9/c1-9-34(46)31(4)39-35(51-39)28-41(5,49)21-14-15-29(2)38-30(3)18-19-36(42(6,50-8)22-20-33(45)27-37(47)53-38)52-40(48)43-23-25-44(7,26-24-43)32-16-12-10-11-13-17-32/h14-15,18-19,21,30-36,38-39,45-46,49H,9-13,16-17,20,22-28H2,1-8H3/q+1/t30-,31+,33+,34-,35+,36-,38+,39+,41-,42+/m0/s1. The number of piperazine rings is 1. The van der Waals surface area contributed by atoms with Crippen molar-refractivity contribution in [3.05, 3.63) is 36.0 Å². The van der Waals surface area contributed by atoms with Crippen LogP contribution in [0.3, 0.4) is 0 Å². The number of epoxide rings is 1. The van der Waals surface area contributed by atoms with Gasteiger partial charge in [-0.25, -0.2) is 4.79 Å². The van der Waals surface area contributed by atoms with Gasteiger partial charge in [0.05, 0.1) is 75.7 Å². The number of aliphatic hydroxyl groups excluding tert-OH is 2. The van der Waals surface area contributed by atoms with Crippen LogP contribution >= 0.6 is 0 Å². The van der Waals surface area contributed by atoms with Gasteiger partial charge in [-0.05, 0) is 77.4 Å². The van der Waals surface area contributed by atoms with Crippen LogP contribution in [0.5, 0.6) is 0 Å². The van der Waals surface area contributed by atoms with Crippen molar-refractivity contribution in [1.82, 2.24) is 4.90 Å². The van der Waals surface area contributed by atoms with E-state index >= 15 is 0 Å². The van der Waals surface area contributed by atoms with E-state index in [0.717, 1.165) is 23.1 Å². The summed E-state index contributed by atoms with van der Waals surface area (Å²) in [6.07, 6.45) is 14.9. The first-order chi connectivity index (χ1) is 25.0. The third-order valence-corrected chi connectivity index (χ3v) is 12.8. The van der Waals surface area contributed by atoms with Gasteiger partial charge in [-0.3, -0.25) is 9.69 Å². The van der Waals surface area contributed by atoms with E-state index in [-0.39, 0.29) is 43.0 Å². The summed E-state index contributed by atoms with van der Waals surface area (Å²) in [5, 5.41) is 32.2. The minimum Gasteiger partial charge on any atom is -0.457 e. The van der Waals surface area contributed by atoms with Gasteiger partial charge < -0.3 is 38.8 Å². The van der Waals surface area contributed by atoms with Crippen LogP contribution in [0.25, 0.3) is 0 Å². The highest BCUT2D eigenvalue weighted by Gasteiger charge is 2.47. The Morgan fingerprint density at radius 1 is 1.17 bits per heavy atom. The quantitative estimate of drug-likeness (QED) is 0.0594. The van der Waals surface area contributed by atoms with Crippen molar-refractivity contribution >= 4 is 12.1 Å². The van der Waals surface area contributed by atoms with Gasteiger partial charge in [0.15, 0.2) is 6.10 Å². The molecule has 3 fully saturated rings. The molecule has 4 rings (SSSR count). The van der Waals surface area contributed by atoms with Gasteiger partial charge in [-0.2, -0.15) is 0 Å². The topological polar surface area (TPSA) is 138 Å². The van der Waals surface area contributed by atoms with E-state index in [1.165, 1.54) is 38.5 Å². The molecule has 0 unspecified atom stereocenters. The molecule has 11 heteroatoms. The van der Waals surface area contributed by atoms with E-state index in [0.29, 0.717) is 38.4 Å². The summed E-state index contributed by atoms with van der Waals surface area (Å²) in [6.45, 7) is 14.4. The number of esters is 1. The normalized spacial score (nSPS) is 34.6. The van der Waals surface area contributed by atoms with Crippen LogP contribution in [-0.2, 0) is 23.7 Å². The molecule has 3 heterocycles. The lowest BCUT2D eigenvalue weighted by Crippen LogP contribution is -2.62. The Labute approximate surface area is 318 Å². The zero-order valence-corrected chi connectivity index (χ0v) is 33.9. The molecule has 0 radical (unpaired) electrons. The summed E-state index contributed by atoms with van der Waals surface area (Å²) in [5.74, 6) is -0.826. The van der Waals surface area contributed by atoms with Gasteiger partial charge in [0.2, 0.25) is 0 Å². The highest BCUT2D eigenvalue weighted by atomic mass is 16.6. The lowest BCUT2D eigenvalue weighted by Gasteiger charge is -2.47. The first-order valence-corrected chi connectivity index (χ1v) is 20.3. The number of aliphatic hydroxyl groups is 3. The summed E-state index contributed by atoms with van der Waals surface area (Å²) in [6, 6.07) is 0.651. The van der Waals surface area contributed by atoms with Crippen molar-refractivity contribution in [3.63, 3.8) is 0 Å². The minimum absolute atomic E-state index is 0.00303. The van der Waals surface area contributed by atoms with Crippen LogP contribution in [0, 0.1) is 11.8 Å². The average Bonchev–Trinajstić information content (AvgIpc) is 3.93. The molecule has 3 aliphatic heterocycles. The second-order valence-corrected chi connectivity index (χ2v) is 17.2. The molecule has 4 aliphatic rings. The maximum Gasteiger partial charge on any atom is 0.410 e. The second-order valence-electron chi connectivity index (χ2n) is 17.2. The van der Waals surface area contributed by atoms with E-state index in [4.69, 9.17) is 18.9 Å². The number of nitrogens with zero attached hydrogens (tertiary/aromatic N) is 2. The molecule has 0 aromatic carbocycles. The van der Waals surface area contributed by atoms with Crippen molar-refractivity contribution in [2.24, 2.45) is 11.8 Å². The molecule has 302 valence electrons. The number of hydrogen-bond donors (Lipinski definition) is 3. The fourth-order valence-electron chi connectivity index (χ4n) is 8.54. The van der Waals surface area contributed by atoms with Gasteiger partial charge in [0.1, 0.15) is 11.7 Å². The van der Waals surface area contributed by atoms with E-state index in [2.05, 4.69) is 7.05 Å². The Morgan fingerprint density at radius 2 is 1.83 bits per heavy atom. The lowest BCUT2D eigenvalue weighted by atomic mass is 9.88. The first-order valence-electron chi connectivity index (χ1n) is 20.3. The number of ether oxygens (including phenoxy) is 4. The molecular formula is C42H71N2O9+. The van der Waals surface area contributed by atoms with E-state index in [9.17, 15) is 24.9 Å². The van der Waals surface area contributed by atoms with Crippen molar-refractivity contribution in [2.75, 3.05) is 40.3 Å². The third kappa shape index (κ3) is 12.1. The van der Waals surface area contributed by atoms with E-state index in [1.54, 1.807) is 26.2 Å². The molecule has 10 atom stereocenters. The van der Waals surface area contributed by atoms with Crippen molar-refractivity contribution < 1.29 is 48.3 Å². The Bertz CT molecular complexity index is 1280. The molecule has 0 bridgehead atoms. The molecule has 1 amide bonds. The Hall–Kier alpha value is -2.28. The number of rotatable bonds is 11. The van der Waals surface area contributed by atoms with Crippen LogP contribution in [0.4, 0.5) is 4.79 Å². The Balaban J connectivity index is 1.46. The SMILES string of the molecule is CC[C@H](O)[C@@H](C)[C@H]1O[C@@H]1C[C@@](C)(O)C=CC=C(C)[C@H]1OC(=O)C[C@H](O)CC[C@@](C)(OC)[C@@H](OC(=O)N2CC[N+](C)(C3CCCCCC3)CC2)C=C[C@@H]1C. The largest absolute Gasteiger partial charge is 0.457 e. The summed E-state index contributed by atoms with van der Waals surface area (Å²) in [4.78, 5) is 28.6. The maximum atomic E-state index is 13.7. The molecule has 3 N–H and O–H groups in total. The van der Waals surface area contributed by atoms with Crippen LogP contribution in [0.2, 0.25) is 0 Å². The highest BCUT2D eigenvalue weighted by molar-refractivity contribution is 5.70. The van der Waals surface area contributed by atoms with E-state index in [1.807, 2.05) is 57.7 Å². The number of allylic oxidation sites excluding steroid dienone is 2. The van der Waals surface area contributed by atoms with Crippen LogP contribution in [0.15, 0.2) is 36.0 Å². The fourth-order valence-corrected chi connectivity index (χ4v) is 8.54. The predicted octanol–water partition coefficient (Wildman–Crippen LogP) is 5.85. The van der Waals surface area contributed by atoms with Gasteiger partial charge >= 0.3 is 12.1 Å². The number of carbonyl (C=O) groups is 2. The highest BCUT2D eigenvalue weighted by Crippen LogP contribution is 2.38. The van der Waals surface area contributed by atoms with Gasteiger partial charge in [0, 0.05) is 25.4 Å². The zero-order chi connectivity index (χ0) is 39.0. The number of hydrogen-bond acceptors (Lipinski definition) is 9.